The molecule has 20 heavy (non-hydrogen) atoms. The molecule has 0 atom stereocenters. The van der Waals surface area contributed by atoms with Gasteiger partial charge < -0.3 is 5.73 Å². The average molecular weight is 286 g/mol. The van der Waals surface area contributed by atoms with Crippen molar-refractivity contribution in [3.05, 3.63) is 60.2 Å². The minimum absolute atomic E-state index is 0.183. The van der Waals surface area contributed by atoms with Gasteiger partial charge in [-0.05, 0) is 36.4 Å². The van der Waals surface area contributed by atoms with E-state index >= 15 is 0 Å². The van der Waals surface area contributed by atoms with E-state index in [4.69, 9.17) is 5.73 Å². The monoisotopic (exact) mass is 286 g/mol. The first-order chi connectivity index (χ1) is 9.65. The maximum atomic E-state index is 11.8. The molecule has 3 N–H and O–H groups in total. The van der Waals surface area contributed by atoms with Crippen molar-refractivity contribution in [1.82, 2.24) is 5.32 Å². The Bertz CT molecular complexity index is 597. The molecule has 0 unspecified atom stereocenters. The number of anilines is 1. The quantitative estimate of drug-likeness (QED) is 0.668. The molecule has 0 aliphatic heterocycles. The first-order valence-electron chi connectivity index (χ1n) is 6.03. The normalized spacial score (nSPS) is 10.0. The zero-order valence-electron chi connectivity index (χ0n) is 10.7. The predicted molar refractivity (Wildman–Crippen MR) is 80.5 cm³/mol. The maximum Gasteiger partial charge on any atom is 0.257 e. The van der Waals surface area contributed by atoms with Crippen molar-refractivity contribution >= 4 is 29.3 Å². The highest BCUT2D eigenvalue weighted by molar-refractivity contribution is 8.00. The second-order valence-corrected chi connectivity index (χ2v) is 5.15. The molecule has 5 heteroatoms. The first-order valence-corrected chi connectivity index (χ1v) is 7.01. The molecule has 2 aromatic rings. The van der Waals surface area contributed by atoms with E-state index in [0.717, 1.165) is 4.90 Å². The van der Waals surface area contributed by atoms with Crippen LogP contribution in [0.15, 0.2) is 59.5 Å². The third-order valence-electron chi connectivity index (χ3n) is 2.54. The number of amides is 2. The SMILES string of the molecule is Nc1ccc(SCC(=O)NC(=O)c2ccccc2)cc1. The van der Waals surface area contributed by atoms with E-state index in [1.54, 1.807) is 36.4 Å². The molecule has 0 aliphatic carbocycles. The average Bonchev–Trinajstić information content (AvgIpc) is 2.47. The van der Waals surface area contributed by atoms with Crippen LogP contribution in [-0.4, -0.2) is 17.6 Å². The van der Waals surface area contributed by atoms with E-state index in [2.05, 4.69) is 5.32 Å². The van der Waals surface area contributed by atoms with Crippen molar-refractivity contribution in [2.75, 3.05) is 11.5 Å². The van der Waals surface area contributed by atoms with Crippen LogP contribution in [0, 0.1) is 0 Å². The Morgan fingerprint density at radius 1 is 1.00 bits per heavy atom. The molecule has 0 fully saturated rings. The van der Waals surface area contributed by atoms with Gasteiger partial charge in [-0.2, -0.15) is 0 Å². The van der Waals surface area contributed by atoms with Crippen molar-refractivity contribution in [2.24, 2.45) is 0 Å². The Morgan fingerprint density at radius 2 is 1.65 bits per heavy atom. The van der Waals surface area contributed by atoms with E-state index < -0.39 is 0 Å². The first kappa shape index (κ1) is 14.1. The lowest BCUT2D eigenvalue weighted by molar-refractivity contribution is -0.117. The molecular weight excluding hydrogens is 272 g/mol. The molecule has 0 radical (unpaired) electrons. The Hall–Kier alpha value is -2.27. The molecule has 2 rings (SSSR count). The number of nitrogen functional groups attached to an aromatic ring is 1. The second kappa shape index (κ2) is 6.77. The second-order valence-electron chi connectivity index (χ2n) is 4.10. The number of carbonyl (C=O) groups is 2. The van der Waals surface area contributed by atoms with Crippen LogP contribution >= 0.6 is 11.8 Å². The van der Waals surface area contributed by atoms with Crippen molar-refractivity contribution in [3.8, 4) is 0 Å². The molecular formula is C15H14N2O2S. The van der Waals surface area contributed by atoms with Crippen LogP contribution in [-0.2, 0) is 4.79 Å². The molecule has 0 saturated heterocycles. The van der Waals surface area contributed by atoms with Gasteiger partial charge in [0.1, 0.15) is 0 Å². The highest BCUT2D eigenvalue weighted by atomic mass is 32.2. The van der Waals surface area contributed by atoms with Gasteiger partial charge >= 0.3 is 0 Å². The fourth-order valence-corrected chi connectivity index (χ4v) is 2.24. The van der Waals surface area contributed by atoms with Gasteiger partial charge in [0.2, 0.25) is 5.91 Å². The largest absolute Gasteiger partial charge is 0.399 e. The van der Waals surface area contributed by atoms with Crippen molar-refractivity contribution in [2.45, 2.75) is 4.90 Å². The summed E-state index contributed by atoms with van der Waals surface area (Å²) in [6, 6.07) is 15.9. The predicted octanol–water partition coefficient (Wildman–Crippen LogP) is 2.32. The van der Waals surface area contributed by atoms with Crippen molar-refractivity contribution in [1.29, 1.82) is 0 Å². The number of benzene rings is 2. The van der Waals surface area contributed by atoms with E-state index in [1.165, 1.54) is 11.8 Å². The summed E-state index contributed by atoms with van der Waals surface area (Å²) < 4.78 is 0. The van der Waals surface area contributed by atoms with Gasteiger partial charge in [0.05, 0.1) is 5.75 Å². The fraction of sp³-hybridized carbons (Fsp3) is 0.0667. The summed E-state index contributed by atoms with van der Waals surface area (Å²) in [5.74, 6) is -0.517. The standard InChI is InChI=1S/C15H14N2O2S/c16-12-6-8-13(9-7-12)20-10-14(18)17-15(19)11-4-2-1-3-5-11/h1-9H,10,16H2,(H,17,18,19). The number of hydrogen-bond acceptors (Lipinski definition) is 4. The molecule has 0 bridgehead atoms. The molecule has 0 saturated carbocycles. The van der Waals surface area contributed by atoms with Crippen LogP contribution in [0.25, 0.3) is 0 Å². The molecule has 2 aromatic carbocycles. The van der Waals surface area contributed by atoms with Crippen molar-refractivity contribution in [3.63, 3.8) is 0 Å². The van der Waals surface area contributed by atoms with Gasteiger partial charge in [-0.1, -0.05) is 18.2 Å². The van der Waals surface area contributed by atoms with Crippen LogP contribution < -0.4 is 11.1 Å². The third-order valence-corrected chi connectivity index (χ3v) is 3.55. The lowest BCUT2D eigenvalue weighted by Gasteiger charge is -2.04. The lowest BCUT2D eigenvalue weighted by Crippen LogP contribution is -2.31. The Morgan fingerprint density at radius 3 is 2.30 bits per heavy atom. The molecule has 0 aromatic heterocycles. The number of thioether (sulfide) groups is 1. The summed E-state index contributed by atoms with van der Waals surface area (Å²) in [7, 11) is 0. The molecule has 4 nitrogen and oxygen atoms in total. The van der Waals surface area contributed by atoms with E-state index in [1.807, 2.05) is 18.2 Å². The van der Waals surface area contributed by atoms with Gasteiger partial charge in [0.15, 0.2) is 0 Å². The number of hydrogen-bond donors (Lipinski definition) is 2. The molecule has 0 spiro atoms. The van der Waals surface area contributed by atoms with Gasteiger partial charge in [0, 0.05) is 16.1 Å². The Balaban J connectivity index is 1.84. The highest BCUT2D eigenvalue weighted by Crippen LogP contribution is 2.18. The summed E-state index contributed by atoms with van der Waals surface area (Å²) >= 11 is 1.35. The third kappa shape index (κ3) is 4.13. The maximum absolute atomic E-state index is 11.8. The Kier molecular flexibility index (Phi) is 4.79. The van der Waals surface area contributed by atoms with Crippen LogP contribution in [0.4, 0.5) is 5.69 Å². The number of nitrogens with one attached hydrogen (secondary N) is 1. The topological polar surface area (TPSA) is 72.2 Å². The minimum Gasteiger partial charge on any atom is -0.399 e. The van der Waals surface area contributed by atoms with E-state index in [0.29, 0.717) is 11.3 Å². The summed E-state index contributed by atoms with van der Waals surface area (Å²) in [5.41, 5.74) is 6.73. The van der Waals surface area contributed by atoms with Crippen molar-refractivity contribution < 1.29 is 9.59 Å². The molecule has 2 amide bonds. The van der Waals surface area contributed by atoms with Crippen LogP contribution in [0.5, 0.6) is 0 Å². The minimum atomic E-state index is -0.381. The molecule has 0 aliphatic rings. The fourth-order valence-electron chi connectivity index (χ4n) is 1.54. The summed E-state index contributed by atoms with van der Waals surface area (Å²) in [6.45, 7) is 0. The van der Waals surface area contributed by atoms with Crippen LogP contribution in [0.2, 0.25) is 0 Å². The number of rotatable bonds is 4. The van der Waals surface area contributed by atoms with E-state index in [-0.39, 0.29) is 17.6 Å². The highest BCUT2D eigenvalue weighted by Gasteiger charge is 2.09. The number of carbonyl (C=O) groups excluding carboxylic acids is 2. The summed E-state index contributed by atoms with van der Waals surface area (Å²) in [5, 5.41) is 2.35. The lowest BCUT2D eigenvalue weighted by atomic mass is 10.2. The zero-order valence-corrected chi connectivity index (χ0v) is 11.5. The summed E-state index contributed by atoms with van der Waals surface area (Å²) in [6.07, 6.45) is 0. The van der Waals surface area contributed by atoms with Crippen LogP contribution in [0.3, 0.4) is 0 Å². The number of imide groups is 1. The van der Waals surface area contributed by atoms with Gasteiger partial charge in [0.25, 0.3) is 5.91 Å². The van der Waals surface area contributed by atoms with Crippen LogP contribution in [0.1, 0.15) is 10.4 Å². The van der Waals surface area contributed by atoms with E-state index in [9.17, 15) is 9.59 Å². The van der Waals surface area contributed by atoms with Gasteiger partial charge in [-0.25, -0.2) is 0 Å². The van der Waals surface area contributed by atoms with Gasteiger partial charge in [-0.15, -0.1) is 11.8 Å². The Labute approximate surface area is 121 Å². The summed E-state index contributed by atoms with van der Waals surface area (Å²) in [4.78, 5) is 24.4. The number of nitrogens with two attached hydrogens (primary N) is 1. The zero-order chi connectivity index (χ0) is 14.4. The molecule has 102 valence electrons. The van der Waals surface area contributed by atoms with Gasteiger partial charge in [-0.3, -0.25) is 14.9 Å². The molecule has 0 heterocycles. The smallest absolute Gasteiger partial charge is 0.257 e.